The number of hydrogen-bond acceptors (Lipinski definition) is 7. The van der Waals surface area contributed by atoms with Gasteiger partial charge in [0.05, 0.1) is 41.4 Å². The van der Waals surface area contributed by atoms with Gasteiger partial charge in [-0.1, -0.05) is 35.3 Å². The Morgan fingerprint density at radius 2 is 1.76 bits per heavy atom. The van der Waals surface area contributed by atoms with Crippen LogP contribution < -0.4 is 19.8 Å². The molecule has 0 aliphatic heterocycles. The Balaban J connectivity index is 1.51. The van der Waals surface area contributed by atoms with Crippen molar-refractivity contribution in [3.05, 3.63) is 116 Å². The molecule has 0 fully saturated rings. The van der Waals surface area contributed by atoms with Crippen LogP contribution in [0, 0.1) is 0 Å². The standard InChI is InChI=1S/C31H23Cl2N3O5/c1-3-40-28-16-19(8-15-27(28)41-31(38)23-14-11-21(32)17-25(23)33)18-34-36-29(20-9-12-22(39-2)13-10-20)35-26-7-5-4-6-24(26)30(36)37/h4-18H,3H2,1-2H3. The van der Waals surface area contributed by atoms with Gasteiger partial charge in [-0.3, -0.25) is 4.79 Å². The Morgan fingerprint density at radius 3 is 2.49 bits per heavy atom. The maximum atomic E-state index is 13.5. The highest BCUT2D eigenvalue weighted by atomic mass is 35.5. The first-order chi connectivity index (χ1) is 19.9. The summed E-state index contributed by atoms with van der Waals surface area (Å²) in [6.07, 6.45) is 1.51. The zero-order valence-corrected chi connectivity index (χ0v) is 23.5. The van der Waals surface area contributed by atoms with E-state index in [1.807, 2.05) is 25.1 Å². The van der Waals surface area contributed by atoms with Crippen molar-refractivity contribution in [3.63, 3.8) is 0 Å². The lowest BCUT2D eigenvalue weighted by Gasteiger charge is -2.12. The minimum Gasteiger partial charge on any atom is -0.497 e. The molecule has 0 spiro atoms. The normalized spacial score (nSPS) is 11.1. The van der Waals surface area contributed by atoms with E-state index < -0.39 is 5.97 Å². The minimum atomic E-state index is -0.660. The molecule has 0 amide bonds. The van der Waals surface area contributed by atoms with Gasteiger partial charge in [-0.05, 0) is 85.3 Å². The number of benzene rings is 4. The lowest BCUT2D eigenvalue weighted by Crippen LogP contribution is -2.20. The van der Waals surface area contributed by atoms with Gasteiger partial charge in [0.1, 0.15) is 5.75 Å². The number of carbonyl (C=O) groups excluding carboxylic acids is 1. The van der Waals surface area contributed by atoms with Crippen LogP contribution in [0.4, 0.5) is 0 Å². The zero-order chi connectivity index (χ0) is 28.9. The van der Waals surface area contributed by atoms with Crippen molar-refractivity contribution in [2.24, 2.45) is 5.10 Å². The lowest BCUT2D eigenvalue weighted by molar-refractivity contribution is 0.0728. The van der Waals surface area contributed by atoms with Crippen LogP contribution in [-0.4, -0.2) is 35.6 Å². The molecule has 1 heterocycles. The van der Waals surface area contributed by atoms with E-state index in [1.54, 1.807) is 61.7 Å². The van der Waals surface area contributed by atoms with Crippen molar-refractivity contribution < 1.29 is 19.0 Å². The van der Waals surface area contributed by atoms with Crippen LogP contribution in [0.1, 0.15) is 22.8 Å². The highest BCUT2D eigenvalue weighted by Crippen LogP contribution is 2.30. The van der Waals surface area contributed by atoms with E-state index in [9.17, 15) is 9.59 Å². The van der Waals surface area contributed by atoms with Gasteiger partial charge in [0.25, 0.3) is 5.56 Å². The van der Waals surface area contributed by atoms with E-state index >= 15 is 0 Å². The number of halogens is 2. The Kier molecular flexibility index (Phi) is 8.33. The first-order valence-corrected chi connectivity index (χ1v) is 13.3. The molecule has 41 heavy (non-hydrogen) atoms. The molecule has 0 unspecified atom stereocenters. The second-order valence-electron chi connectivity index (χ2n) is 8.70. The van der Waals surface area contributed by atoms with E-state index in [2.05, 4.69) is 5.10 Å². The third-order valence-corrected chi connectivity index (χ3v) is 6.59. The summed E-state index contributed by atoms with van der Waals surface area (Å²) in [6, 6.07) is 23.7. The molecule has 0 radical (unpaired) electrons. The van der Waals surface area contributed by atoms with Crippen molar-refractivity contribution in [3.8, 4) is 28.6 Å². The fraction of sp³-hybridized carbons (Fsp3) is 0.0968. The Morgan fingerprint density at radius 1 is 0.976 bits per heavy atom. The third kappa shape index (κ3) is 6.09. The van der Waals surface area contributed by atoms with Gasteiger partial charge in [-0.25, -0.2) is 9.78 Å². The van der Waals surface area contributed by atoms with Gasteiger partial charge in [-0.15, -0.1) is 0 Å². The van der Waals surface area contributed by atoms with E-state index in [0.29, 0.717) is 51.0 Å². The smallest absolute Gasteiger partial charge is 0.345 e. The van der Waals surface area contributed by atoms with Gasteiger partial charge < -0.3 is 14.2 Å². The number of methoxy groups -OCH3 is 1. The molecule has 5 aromatic rings. The second kappa shape index (κ2) is 12.2. The molecule has 4 aromatic carbocycles. The molecule has 0 atom stereocenters. The predicted octanol–water partition coefficient (Wildman–Crippen LogP) is 6.88. The maximum absolute atomic E-state index is 13.5. The monoisotopic (exact) mass is 587 g/mol. The third-order valence-electron chi connectivity index (χ3n) is 6.05. The number of esters is 1. The summed E-state index contributed by atoms with van der Waals surface area (Å²) in [4.78, 5) is 31.0. The molecule has 1 aromatic heterocycles. The first-order valence-electron chi connectivity index (χ1n) is 12.5. The van der Waals surface area contributed by atoms with Crippen molar-refractivity contribution in [2.45, 2.75) is 6.92 Å². The largest absolute Gasteiger partial charge is 0.497 e. The van der Waals surface area contributed by atoms with Gasteiger partial charge >= 0.3 is 5.97 Å². The van der Waals surface area contributed by atoms with Gasteiger partial charge in [0, 0.05) is 10.6 Å². The number of carbonyl (C=O) groups is 1. The highest BCUT2D eigenvalue weighted by molar-refractivity contribution is 6.36. The van der Waals surface area contributed by atoms with E-state index in [0.717, 1.165) is 0 Å². The van der Waals surface area contributed by atoms with Crippen LogP contribution in [-0.2, 0) is 0 Å². The van der Waals surface area contributed by atoms with E-state index in [-0.39, 0.29) is 21.9 Å². The number of para-hydroxylation sites is 1. The van der Waals surface area contributed by atoms with Gasteiger partial charge in [0.2, 0.25) is 0 Å². The zero-order valence-electron chi connectivity index (χ0n) is 22.0. The van der Waals surface area contributed by atoms with Crippen LogP contribution in [0.15, 0.2) is 94.8 Å². The Labute approximate surface area is 245 Å². The fourth-order valence-corrected chi connectivity index (χ4v) is 4.54. The number of fused-ring (bicyclic) bond motifs is 1. The molecule has 0 saturated carbocycles. The van der Waals surface area contributed by atoms with Gasteiger partial charge in [-0.2, -0.15) is 9.78 Å². The van der Waals surface area contributed by atoms with Crippen molar-refractivity contribution in [1.29, 1.82) is 0 Å². The molecule has 0 aliphatic rings. The summed E-state index contributed by atoms with van der Waals surface area (Å²) in [5.41, 5.74) is 1.68. The second-order valence-corrected chi connectivity index (χ2v) is 9.54. The van der Waals surface area contributed by atoms with Crippen LogP contribution in [0.3, 0.4) is 0 Å². The summed E-state index contributed by atoms with van der Waals surface area (Å²) < 4.78 is 17.8. The first kappa shape index (κ1) is 27.9. The average molecular weight is 588 g/mol. The fourth-order valence-electron chi connectivity index (χ4n) is 4.05. The van der Waals surface area contributed by atoms with Gasteiger partial charge in [0.15, 0.2) is 17.3 Å². The van der Waals surface area contributed by atoms with E-state index in [1.165, 1.54) is 23.0 Å². The Bertz CT molecular complexity index is 1840. The van der Waals surface area contributed by atoms with Crippen molar-refractivity contribution >= 4 is 46.3 Å². The highest BCUT2D eigenvalue weighted by Gasteiger charge is 2.17. The molecule has 5 rings (SSSR count). The van der Waals surface area contributed by atoms with E-state index in [4.69, 9.17) is 42.4 Å². The topological polar surface area (TPSA) is 92.0 Å². The summed E-state index contributed by atoms with van der Waals surface area (Å²) in [6.45, 7) is 2.13. The quantitative estimate of drug-likeness (QED) is 0.112. The molecule has 0 N–H and O–H groups in total. The number of hydrogen-bond donors (Lipinski definition) is 0. The summed E-state index contributed by atoms with van der Waals surface area (Å²) in [5, 5.41) is 5.50. The SMILES string of the molecule is CCOc1cc(C=Nn2c(-c3ccc(OC)cc3)nc3ccccc3c2=O)ccc1OC(=O)c1ccc(Cl)cc1Cl. The molecule has 206 valence electrons. The van der Waals surface area contributed by atoms with Crippen molar-refractivity contribution in [1.82, 2.24) is 9.66 Å². The molecular weight excluding hydrogens is 565 g/mol. The van der Waals surface area contributed by atoms with Crippen LogP contribution in [0.25, 0.3) is 22.3 Å². The number of nitrogens with zero attached hydrogens (tertiary/aromatic N) is 3. The number of aromatic nitrogens is 2. The average Bonchev–Trinajstić information content (AvgIpc) is 2.98. The minimum absolute atomic E-state index is 0.165. The molecule has 8 nitrogen and oxygen atoms in total. The molecular formula is C31H23Cl2N3O5. The van der Waals surface area contributed by atoms with Crippen LogP contribution in [0.5, 0.6) is 17.2 Å². The number of ether oxygens (including phenoxy) is 3. The Hall–Kier alpha value is -4.66. The number of rotatable bonds is 8. The molecule has 0 saturated heterocycles. The maximum Gasteiger partial charge on any atom is 0.345 e. The predicted molar refractivity (Wildman–Crippen MR) is 160 cm³/mol. The summed E-state index contributed by atoms with van der Waals surface area (Å²) >= 11 is 12.1. The molecule has 10 heteroatoms. The summed E-state index contributed by atoms with van der Waals surface area (Å²) in [7, 11) is 1.58. The molecule has 0 bridgehead atoms. The van der Waals surface area contributed by atoms with Crippen LogP contribution >= 0.6 is 23.2 Å². The lowest BCUT2D eigenvalue weighted by atomic mass is 10.2. The molecule has 0 aliphatic carbocycles. The summed E-state index contributed by atoms with van der Waals surface area (Å²) in [5.74, 6) is 0.891. The van der Waals surface area contributed by atoms with Crippen LogP contribution in [0.2, 0.25) is 10.0 Å². The van der Waals surface area contributed by atoms with Crippen molar-refractivity contribution in [2.75, 3.05) is 13.7 Å².